The second-order valence-corrected chi connectivity index (χ2v) is 8.94. The highest BCUT2D eigenvalue weighted by Crippen LogP contribution is 2.30. The number of Topliss-reactive ketones (excluding diaryl/α,β-unsaturated/α-hetero) is 1. The van der Waals surface area contributed by atoms with Gasteiger partial charge in [-0.25, -0.2) is 4.98 Å². The van der Waals surface area contributed by atoms with Crippen molar-refractivity contribution >= 4 is 39.1 Å². The molecule has 4 nitrogen and oxygen atoms in total. The number of thioether (sulfide) groups is 1. The van der Waals surface area contributed by atoms with Crippen molar-refractivity contribution in [3.8, 4) is 0 Å². The first-order chi connectivity index (χ1) is 12.6. The maximum absolute atomic E-state index is 12.8. The Morgan fingerprint density at radius 3 is 3.00 bits per heavy atom. The van der Waals surface area contributed by atoms with Gasteiger partial charge in [0.15, 0.2) is 10.1 Å². The summed E-state index contributed by atoms with van der Waals surface area (Å²) in [4.78, 5) is 17.4. The lowest BCUT2D eigenvalue weighted by Gasteiger charge is -2.14. The fraction of sp³-hybridized carbons (Fsp3) is 0.400. The van der Waals surface area contributed by atoms with E-state index in [1.54, 1.807) is 11.3 Å². The normalized spacial score (nSPS) is 17.2. The molecule has 2 aromatic heterocycles. The fourth-order valence-corrected chi connectivity index (χ4v) is 5.43. The summed E-state index contributed by atoms with van der Waals surface area (Å²) in [6, 6.07) is 10.1. The molecule has 0 aliphatic carbocycles. The Balaban J connectivity index is 1.45. The molecule has 1 aliphatic rings. The van der Waals surface area contributed by atoms with Gasteiger partial charge in [0, 0.05) is 30.1 Å². The smallest absolute Gasteiger partial charge is 0.174 e. The van der Waals surface area contributed by atoms with E-state index in [-0.39, 0.29) is 11.9 Å². The minimum absolute atomic E-state index is 0.168. The molecule has 4 rings (SSSR count). The Morgan fingerprint density at radius 1 is 1.38 bits per heavy atom. The number of nitrogens with zero attached hydrogens (tertiary/aromatic N) is 2. The van der Waals surface area contributed by atoms with Gasteiger partial charge in [-0.3, -0.25) is 4.79 Å². The van der Waals surface area contributed by atoms with E-state index < -0.39 is 0 Å². The number of aromatic nitrogens is 2. The summed E-state index contributed by atoms with van der Waals surface area (Å²) in [5.41, 5.74) is 4.01. The lowest BCUT2D eigenvalue weighted by molar-refractivity contribution is 0.0957. The van der Waals surface area contributed by atoms with Crippen molar-refractivity contribution in [2.75, 3.05) is 12.4 Å². The monoisotopic (exact) mass is 386 g/mol. The van der Waals surface area contributed by atoms with Crippen LogP contribution in [0.1, 0.15) is 34.6 Å². The highest BCUT2D eigenvalue weighted by Gasteiger charge is 2.21. The molecule has 3 aromatic rings. The van der Waals surface area contributed by atoms with Gasteiger partial charge in [0.05, 0.1) is 22.1 Å². The third-order valence-electron chi connectivity index (χ3n) is 4.89. The van der Waals surface area contributed by atoms with Crippen LogP contribution in [-0.4, -0.2) is 33.8 Å². The second-order valence-electron chi connectivity index (χ2n) is 6.69. The summed E-state index contributed by atoms with van der Waals surface area (Å²) in [6.07, 6.45) is 2.52. The molecule has 3 heterocycles. The number of hydrogen-bond acceptors (Lipinski definition) is 5. The van der Waals surface area contributed by atoms with E-state index in [0.717, 1.165) is 57.5 Å². The van der Waals surface area contributed by atoms with E-state index in [1.165, 1.54) is 11.8 Å². The van der Waals surface area contributed by atoms with Gasteiger partial charge in [-0.2, -0.15) is 0 Å². The number of carbonyl (C=O) groups excluding carboxylic acids is 1. The van der Waals surface area contributed by atoms with Gasteiger partial charge >= 0.3 is 0 Å². The first-order valence-electron chi connectivity index (χ1n) is 8.91. The lowest BCUT2D eigenvalue weighted by atomic mass is 10.2. The molecule has 0 amide bonds. The van der Waals surface area contributed by atoms with Gasteiger partial charge in [0.1, 0.15) is 0 Å². The van der Waals surface area contributed by atoms with Crippen LogP contribution in [0, 0.1) is 13.8 Å². The van der Waals surface area contributed by atoms with Crippen LogP contribution >= 0.6 is 23.1 Å². The predicted molar refractivity (Wildman–Crippen MR) is 108 cm³/mol. The van der Waals surface area contributed by atoms with Crippen LogP contribution in [0.2, 0.25) is 0 Å². The van der Waals surface area contributed by atoms with Crippen molar-refractivity contribution < 1.29 is 9.53 Å². The zero-order valence-electron chi connectivity index (χ0n) is 15.0. The molecule has 0 radical (unpaired) electrons. The van der Waals surface area contributed by atoms with E-state index >= 15 is 0 Å². The van der Waals surface area contributed by atoms with Crippen LogP contribution in [0.3, 0.4) is 0 Å². The van der Waals surface area contributed by atoms with Crippen molar-refractivity contribution in [3.05, 3.63) is 47.3 Å². The first-order valence-corrected chi connectivity index (χ1v) is 10.7. The number of hydrogen-bond donors (Lipinski definition) is 0. The van der Waals surface area contributed by atoms with E-state index in [4.69, 9.17) is 4.74 Å². The molecule has 0 spiro atoms. The Hall–Kier alpha value is -1.63. The average Bonchev–Trinajstić information content (AvgIpc) is 3.35. The average molecular weight is 387 g/mol. The Kier molecular flexibility index (Phi) is 5.16. The number of ether oxygens (including phenoxy) is 1. The van der Waals surface area contributed by atoms with Gasteiger partial charge in [0.25, 0.3) is 0 Å². The largest absolute Gasteiger partial charge is 0.376 e. The molecular formula is C20H22N2O2S2. The molecular weight excluding hydrogens is 364 g/mol. The molecule has 1 aliphatic heterocycles. The highest BCUT2D eigenvalue weighted by molar-refractivity contribution is 8.01. The van der Waals surface area contributed by atoms with Gasteiger partial charge in [0.2, 0.25) is 0 Å². The number of para-hydroxylation sites is 1. The number of fused-ring (bicyclic) bond motifs is 1. The molecule has 0 bridgehead atoms. The molecule has 6 heteroatoms. The van der Waals surface area contributed by atoms with Crippen LogP contribution in [0.15, 0.2) is 34.7 Å². The van der Waals surface area contributed by atoms with Crippen molar-refractivity contribution in [3.63, 3.8) is 0 Å². The minimum Gasteiger partial charge on any atom is -0.376 e. The predicted octanol–water partition coefficient (Wildman–Crippen LogP) is 4.87. The zero-order chi connectivity index (χ0) is 18.1. The molecule has 136 valence electrons. The summed E-state index contributed by atoms with van der Waals surface area (Å²) < 4.78 is 10.1. The van der Waals surface area contributed by atoms with Crippen molar-refractivity contribution in [2.24, 2.45) is 0 Å². The van der Waals surface area contributed by atoms with Crippen molar-refractivity contribution in [2.45, 2.75) is 43.7 Å². The van der Waals surface area contributed by atoms with Gasteiger partial charge in [-0.15, -0.1) is 11.3 Å². The van der Waals surface area contributed by atoms with Crippen LogP contribution in [0.5, 0.6) is 0 Å². The van der Waals surface area contributed by atoms with Crippen molar-refractivity contribution in [1.82, 2.24) is 9.55 Å². The van der Waals surface area contributed by atoms with Crippen LogP contribution in [0.4, 0.5) is 0 Å². The maximum atomic E-state index is 12.8. The topological polar surface area (TPSA) is 44.1 Å². The quantitative estimate of drug-likeness (QED) is 0.448. The maximum Gasteiger partial charge on any atom is 0.174 e. The fourth-order valence-electron chi connectivity index (χ4n) is 3.47. The molecule has 1 unspecified atom stereocenters. The molecule has 0 N–H and O–H groups in total. The minimum atomic E-state index is 0.168. The van der Waals surface area contributed by atoms with Crippen LogP contribution in [-0.2, 0) is 11.3 Å². The SMILES string of the molecule is Cc1cc(C(=O)CSc2nc3ccccc3s2)c(C)n1CC1CCCO1. The van der Waals surface area contributed by atoms with Crippen molar-refractivity contribution in [1.29, 1.82) is 0 Å². The molecule has 0 saturated carbocycles. The summed E-state index contributed by atoms with van der Waals surface area (Å²) in [5.74, 6) is 0.588. The van der Waals surface area contributed by atoms with Gasteiger partial charge < -0.3 is 9.30 Å². The summed E-state index contributed by atoms with van der Waals surface area (Å²) in [6.45, 7) is 5.81. The molecule has 1 fully saturated rings. The van der Waals surface area contributed by atoms with Crippen LogP contribution < -0.4 is 0 Å². The zero-order valence-corrected chi connectivity index (χ0v) is 16.7. The standard InChI is InChI=1S/C20H22N2O2S2/c1-13-10-16(14(2)22(13)11-15-6-5-9-24-15)18(23)12-25-20-21-17-7-3-4-8-19(17)26-20/h3-4,7-8,10,15H,5-6,9,11-12H2,1-2H3. The number of rotatable bonds is 6. The number of aryl methyl sites for hydroxylation is 1. The van der Waals surface area contributed by atoms with E-state index in [1.807, 2.05) is 31.2 Å². The molecule has 26 heavy (non-hydrogen) atoms. The molecule has 1 atom stereocenters. The van der Waals surface area contributed by atoms with Gasteiger partial charge in [-0.05, 0) is 44.9 Å². The summed E-state index contributed by atoms with van der Waals surface area (Å²) in [5, 5.41) is 0. The number of thiazole rings is 1. The van der Waals surface area contributed by atoms with Gasteiger partial charge in [-0.1, -0.05) is 23.9 Å². The Bertz CT molecular complexity index is 906. The number of ketones is 1. The van der Waals surface area contributed by atoms with E-state index in [0.29, 0.717) is 5.75 Å². The summed E-state index contributed by atoms with van der Waals surface area (Å²) >= 11 is 3.18. The third-order valence-corrected chi connectivity index (χ3v) is 7.06. The first kappa shape index (κ1) is 17.8. The number of carbonyl (C=O) groups is 1. The summed E-state index contributed by atoms with van der Waals surface area (Å²) in [7, 11) is 0. The molecule has 1 saturated heterocycles. The van der Waals surface area contributed by atoms with E-state index in [9.17, 15) is 4.79 Å². The Morgan fingerprint density at radius 2 is 2.23 bits per heavy atom. The lowest BCUT2D eigenvalue weighted by Crippen LogP contribution is -2.17. The van der Waals surface area contributed by atoms with Crippen LogP contribution in [0.25, 0.3) is 10.2 Å². The Labute approximate surface area is 161 Å². The van der Waals surface area contributed by atoms with E-state index in [2.05, 4.69) is 22.5 Å². The second kappa shape index (κ2) is 7.55. The highest BCUT2D eigenvalue weighted by atomic mass is 32.2. The molecule has 1 aromatic carbocycles. The third kappa shape index (κ3) is 3.59. The number of benzene rings is 1.